The fourth-order valence-electron chi connectivity index (χ4n) is 4.92. The average molecular weight is 758 g/mol. The summed E-state index contributed by atoms with van der Waals surface area (Å²) in [6, 6.07) is -4.03. The van der Waals surface area contributed by atoms with Crippen LogP contribution in [0.2, 0.25) is 0 Å². The van der Waals surface area contributed by atoms with E-state index in [2.05, 4.69) is 37.2 Å². The zero-order chi connectivity index (χ0) is 40.0. The van der Waals surface area contributed by atoms with E-state index in [0.29, 0.717) is 77.5 Å². The Balaban J connectivity index is 5.30. The number of unbranched alkanes of at least 4 members (excludes halogenated alkanes) is 4. The van der Waals surface area contributed by atoms with E-state index in [9.17, 15) is 38.4 Å². The molecule has 19 N–H and O–H groups in total. The summed E-state index contributed by atoms with van der Waals surface area (Å²) in [5.41, 5.74) is 32.8. The number of hydrogen-bond donors (Lipinski definition) is 13. The highest BCUT2D eigenvalue weighted by molar-refractivity contribution is 5.95. The zero-order valence-electron chi connectivity index (χ0n) is 30.7. The van der Waals surface area contributed by atoms with Crippen molar-refractivity contribution in [3.8, 4) is 0 Å². The molecule has 53 heavy (non-hydrogen) atoms. The molecule has 0 unspecified atom stereocenters. The van der Waals surface area contributed by atoms with Crippen LogP contribution in [-0.2, 0) is 38.4 Å². The van der Waals surface area contributed by atoms with Crippen LogP contribution in [0.4, 0.5) is 0 Å². The third kappa shape index (κ3) is 23.7. The van der Waals surface area contributed by atoms with Gasteiger partial charge in [0, 0.05) is 0 Å². The maximum Gasteiger partial charge on any atom is 0.243 e. The lowest BCUT2D eigenvalue weighted by molar-refractivity contribution is -0.133. The first-order valence-electron chi connectivity index (χ1n) is 18.1. The van der Waals surface area contributed by atoms with Crippen LogP contribution in [0.5, 0.6) is 0 Å². The van der Waals surface area contributed by atoms with E-state index < -0.39 is 91.1 Å². The summed E-state index contributed by atoms with van der Waals surface area (Å²) in [5, 5.41) is 17.4. The van der Waals surface area contributed by atoms with Gasteiger partial charge in [-0.15, -0.1) is 0 Å². The number of primary amides is 1. The van der Waals surface area contributed by atoms with Crippen LogP contribution in [0.3, 0.4) is 0 Å². The third-order valence-corrected chi connectivity index (χ3v) is 7.88. The summed E-state index contributed by atoms with van der Waals surface area (Å²) < 4.78 is 0. The van der Waals surface area contributed by atoms with E-state index in [-0.39, 0.29) is 32.2 Å². The van der Waals surface area contributed by atoms with Gasteiger partial charge in [-0.2, -0.15) is 0 Å². The molecule has 21 nitrogen and oxygen atoms in total. The molecule has 0 aromatic heterocycles. The van der Waals surface area contributed by atoms with Crippen LogP contribution < -0.4 is 71.6 Å². The van der Waals surface area contributed by atoms with Crippen LogP contribution in [0.1, 0.15) is 77.0 Å². The van der Waals surface area contributed by atoms with Crippen molar-refractivity contribution in [2.75, 3.05) is 52.4 Å². The van der Waals surface area contributed by atoms with Gasteiger partial charge >= 0.3 is 0 Å². The van der Waals surface area contributed by atoms with Gasteiger partial charge in [0.1, 0.15) is 24.2 Å². The van der Waals surface area contributed by atoms with Crippen LogP contribution >= 0.6 is 0 Å². The predicted molar refractivity (Wildman–Crippen MR) is 197 cm³/mol. The molecule has 8 amide bonds. The Kier molecular flexibility index (Phi) is 27.5. The van der Waals surface area contributed by atoms with E-state index in [1.54, 1.807) is 0 Å². The Labute approximate surface area is 310 Å². The monoisotopic (exact) mass is 757 g/mol. The highest BCUT2D eigenvalue weighted by atomic mass is 16.2. The van der Waals surface area contributed by atoms with Crippen LogP contribution in [-0.4, -0.2) is 124 Å². The van der Waals surface area contributed by atoms with E-state index in [1.165, 1.54) is 0 Å². The second kappa shape index (κ2) is 30.1. The van der Waals surface area contributed by atoms with Gasteiger partial charge in [-0.25, -0.2) is 0 Å². The minimum absolute atomic E-state index is 0.175. The molecule has 0 rings (SSSR count). The van der Waals surface area contributed by atoms with Crippen molar-refractivity contribution in [3.05, 3.63) is 0 Å². The summed E-state index contributed by atoms with van der Waals surface area (Å²) >= 11 is 0. The zero-order valence-corrected chi connectivity index (χ0v) is 30.7. The molecule has 4 atom stereocenters. The normalized spacial score (nSPS) is 13.0. The fraction of sp³-hybridized carbons (Fsp3) is 0.750. The summed E-state index contributed by atoms with van der Waals surface area (Å²) in [6.07, 6.45) is 5.35. The summed E-state index contributed by atoms with van der Waals surface area (Å²) in [6.45, 7) is -0.343. The first-order valence-corrected chi connectivity index (χ1v) is 18.1. The topological polar surface area (TPSA) is 377 Å². The van der Waals surface area contributed by atoms with E-state index >= 15 is 0 Å². The summed E-state index contributed by atoms with van der Waals surface area (Å²) in [7, 11) is 0. The average Bonchev–Trinajstić information content (AvgIpc) is 3.13. The van der Waals surface area contributed by atoms with Crippen molar-refractivity contribution in [2.45, 2.75) is 101 Å². The molecule has 0 aliphatic heterocycles. The molecule has 0 aliphatic rings. The summed E-state index contributed by atoms with van der Waals surface area (Å²) in [5.74, 6) is -5.31. The number of nitrogens with two attached hydrogens (primary N) is 6. The van der Waals surface area contributed by atoms with E-state index in [0.717, 1.165) is 0 Å². The molecule has 0 saturated carbocycles. The molecule has 0 bridgehead atoms. The highest BCUT2D eigenvalue weighted by Crippen LogP contribution is 2.04. The van der Waals surface area contributed by atoms with Gasteiger partial charge < -0.3 is 71.6 Å². The predicted octanol–water partition coefficient (Wildman–Crippen LogP) is -5.77. The standard InChI is InChI=1S/C32H63N13O8/c33-13-5-1-9-21(29(38)50)42-26(47)18-39-31(52)23(11-3-7-15-35)44-28(49)20-41-32(53)24(12-4-8-16-36)45-27(48)19-40-30(51)22(10-2-6-14-34)43-25(46)17-37/h21-24H,1-20,33-37H2,(H2,38,50)(H,39,52)(H,40,51)(H,41,53)(H,42,47)(H,43,46)(H,44,49)(H,45,48)/t21-,22-,23-,24-/m0/s1. The lowest BCUT2D eigenvalue weighted by Gasteiger charge is -2.21. The van der Waals surface area contributed by atoms with Gasteiger partial charge in [-0.1, -0.05) is 0 Å². The smallest absolute Gasteiger partial charge is 0.243 e. The van der Waals surface area contributed by atoms with Gasteiger partial charge in [-0.05, 0) is 103 Å². The first kappa shape index (κ1) is 48.6. The minimum Gasteiger partial charge on any atom is -0.368 e. The Hall–Kier alpha value is -4.44. The Morgan fingerprint density at radius 2 is 0.642 bits per heavy atom. The lowest BCUT2D eigenvalue weighted by Crippen LogP contribution is -2.54. The molecular formula is C32H63N13O8. The largest absolute Gasteiger partial charge is 0.368 e. The van der Waals surface area contributed by atoms with Crippen molar-refractivity contribution >= 4 is 47.3 Å². The molecule has 0 aromatic carbocycles. The second-order valence-electron chi connectivity index (χ2n) is 12.4. The first-order chi connectivity index (χ1) is 25.3. The Morgan fingerprint density at radius 1 is 0.377 bits per heavy atom. The molecule has 0 saturated heterocycles. The molecule has 21 heteroatoms. The molecule has 0 aromatic rings. The van der Waals surface area contributed by atoms with Crippen LogP contribution in [0.25, 0.3) is 0 Å². The fourth-order valence-corrected chi connectivity index (χ4v) is 4.92. The number of rotatable bonds is 31. The van der Waals surface area contributed by atoms with Crippen molar-refractivity contribution in [1.82, 2.24) is 37.2 Å². The molecule has 0 fully saturated rings. The molecule has 0 aliphatic carbocycles. The Morgan fingerprint density at radius 3 is 0.906 bits per heavy atom. The molecular weight excluding hydrogens is 694 g/mol. The molecule has 0 heterocycles. The number of nitrogens with one attached hydrogen (secondary N) is 7. The number of carbonyl (C=O) groups excluding carboxylic acids is 8. The van der Waals surface area contributed by atoms with Gasteiger partial charge in [0.15, 0.2) is 0 Å². The molecule has 0 radical (unpaired) electrons. The number of carbonyl (C=O) groups is 8. The van der Waals surface area contributed by atoms with E-state index in [1.807, 2.05) is 0 Å². The summed E-state index contributed by atoms with van der Waals surface area (Å²) in [4.78, 5) is 100. The lowest BCUT2D eigenvalue weighted by atomic mass is 10.1. The van der Waals surface area contributed by atoms with Gasteiger partial charge in [0.05, 0.1) is 26.2 Å². The number of amides is 8. The quantitative estimate of drug-likeness (QED) is 0.0294. The third-order valence-electron chi connectivity index (χ3n) is 7.88. The van der Waals surface area contributed by atoms with Crippen molar-refractivity contribution < 1.29 is 38.4 Å². The van der Waals surface area contributed by atoms with Crippen molar-refractivity contribution in [3.63, 3.8) is 0 Å². The SMILES string of the molecule is NCCCC[C@H](NC(=O)CNC(=O)[C@H](CCCCN)NC(=O)CNC(=O)[C@H](CCCCN)NC(=O)CNC(=O)[C@H](CCCCN)NC(=O)CN)C(N)=O. The van der Waals surface area contributed by atoms with Crippen LogP contribution in [0.15, 0.2) is 0 Å². The van der Waals surface area contributed by atoms with Gasteiger partial charge in [-0.3, -0.25) is 38.4 Å². The van der Waals surface area contributed by atoms with Gasteiger partial charge in [0.2, 0.25) is 47.3 Å². The highest BCUT2D eigenvalue weighted by Gasteiger charge is 2.26. The Bertz CT molecular complexity index is 1160. The van der Waals surface area contributed by atoms with Crippen molar-refractivity contribution in [1.29, 1.82) is 0 Å². The maximum absolute atomic E-state index is 13.1. The second-order valence-corrected chi connectivity index (χ2v) is 12.4. The van der Waals surface area contributed by atoms with Crippen LogP contribution in [0, 0.1) is 0 Å². The van der Waals surface area contributed by atoms with E-state index in [4.69, 9.17) is 34.4 Å². The molecule has 0 spiro atoms. The molecule has 304 valence electrons. The van der Waals surface area contributed by atoms with Crippen molar-refractivity contribution in [2.24, 2.45) is 34.4 Å². The number of hydrogen-bond acceptors (Lipinski definition) is 13. The minimum atomic E-state index is -1.09. The maximum atomic E-state index is 13.1. The van der Waals surface area contributed by atoms with Gasteiger partial charge in [0.25, 0.3) is 0 Å².